The molecule has 1 atom stereocenters. The summed E-state index contributed by atoms with van der Waals surface area (Å²) >= 11 is 1.37. The summed E-state index contributed by atoms with van der Waals surface area (Å²) < 4.78 is 0. The maximum atomic E-state index is 11.6. The fourth-order valence-corrected chi connectivity index (χ4v) is 2.34. The molecule has 0 fully saturated rings. The summed E-state index contributed by atoms with van der Waals surface area (Å²) in [7, 11) is 0. The topological polar surface area (TPSA) is 72.2 Å². The molecule has 19 heavy (non-hydrogen) atoms. The normalized spacial score (nSPS) is 11.9. The van der Waals surface area contributed by atoms with Gasteiger partial charge in [0.25, 0.3) is 5.69 Å². The van der Waals surface area contributed by atoms with Gasteiger partial charge in [0.2, 0.25) is 5.91 Å². The van der Waals surface area contributed by atoms with Crippen molar-refractivity contribution in [3.63, 3.8) is 0 Å². The number of hydrogen-bond donors (Lipinski definition) is 1. The Kier molecular flexibility index (Phi) is 6.35. The second-order valence-electron chi connectivity index (χ2n) is 4.30. The van der Waals surface area contributed by atoms with Gasteiger partial charge in [-0.1, -0.05) is 13.3 Å². The minimum Gasteiger partial charge on any atom is -0.353 e. The Morgan fingerprint density at radius 3 is 2.58 bits per heavy atom. The van der Waals surface area contributed by atoms with Crippen LogP contribution in [-0.4, -0.2) is 22.6 Å². The fraction of sp³-hybridized carbons (Fsp3) is 0.462. The van der Waals surface area contributed by atoms with E-state index in [1.807, 2.05) is 6.92 Å². The first kappa shape index (κ1) is 15.5. The molecule has 1 rings (SSSR count). The van der Waals surface area contributed by atoms with Crippen LogP contribution in [0.2, 0.25) is 0 Å². The van der Waals surface area contributed by atoms with Gasteiger partial charge in [-0.3, -0.25) is 14.9 Å². The number of amides is 1. The van der Waals surface area contributed by atoms with Crippen molar-refractivity contribution in [1.82, 2.24) is 5.32 Å². The quantitative estimate of drug-likeness (QED) is 0.474. The number of carbonyl (C=O) groups is 1. The minimum absolute atomic E-state index is 0.00990. The molecule has 104 valence electrons. The Balaban J connectivity index is 2.39. The third kappa shape index (κ3) is 5.74. The number of carbonyl (C=O) groups excluding carboxylic acids is 1. The van der Waals surface area contributed by atoms with E-state index >= 15 is 0 Å². The summed E-state index contributed by atoms with van der Waals surface area (Å²) in [6, 6.07) is 6.40. The summed E-state index contributed by atoms with van der Waals surface area (Å²) in [6.45, 7) is 4.06. The number of nitrogens with zero attached hydrogens (tertiary/aromatic N) is 1. The highest BCUT2D eigenvalue weighted by atomic mass is 32.2. The van der Waals surface area contributed by atoms with Crippen molar-refractivity contribution in [3.05, 3.63) is 34.4 Å². The van der Waals surface area contributed by atoms with E-state index in [2.05, 4.69) is 12.2 Å². The summed E-state index contributed by atoms with van der Waals surface area (Å²) in [5.41, 5.74) is 0.0605. The zero-order chi connectivity index (χ0) is 14.3. The van der Waals surface area contributed by atoms with Crippen LogP contribution in [-0.2, 0) is 4.79 Å². The summed E-state index contributed by atoms with van der Waals surface area (Å²) in [5, 5.41) is 13.4. The van der Waals surface area contributed by atoms with Crippen LogP contribution in [0.5, 0.6) is 0 Å². The molecule has 0 heterocycles. The summed E-state index contributed by atoms with van der Waals surface area (Å²) in [6.07, 6.45) is 2.00. The van der Waals surface area contributed by atoms with E-state index in [9.17, 15) is 14.9 Å². The average molecular weight is 282 g/mol. The Labute approximate surface area is 116 Å². The fourth-order valence-electron chi connectivity index (χ4n) is 1.63. The van der Waals surface area contributed by atoms with Crippen LogP contribution in [0.15, 0.2) is 29.2 Å². The van der Waals surface area contributed by atoms with Gasteiger partial charge in [0.15, 0.2) is 0 Å². The van der Waals surface area contributed by atoms with E-state index in [-0.39, 0.29) is 17.6 Å². The standard InChI is InChI=1S/C13H18N2O3S/c1-3-4-10(2)14-13(16)9-19-12-7-5-11(6-8-12)15(17)18/h5-8,10H,3-4,9H2,1-2H3,(H,14,16)/t10-/m0/s1. The number of nitrogens with one attached hydrogen (secondary N) is 1. The number of rotatable bonds is 7. The van der Waals surface area contributed by atoms with Crippen LogP contribution in [0.25, 0.3) is 0 Å². The van der Waals surface area contributed by atoms with E-state index in [4.69, 9.17) is 0 Å². The van der Waals surface area contributed by atoms with Gasteiger partial charge in [-0.05, 0) is 25.5 Å². The van der Waals surface area contributed by atoms with Crippen molar-refractivity contribution >= 4 is 23.4 Å². The zero-order valence-electron chi connectivity index (χ0n) is 11.1. The van der Waals surface area contributed by atoms with Gasteiger partial charge in [0.1, 0.15) is 0 Å². The first-order valence-corrected chi connectivity index (χ1v) is 7.18. The third-order valence-corrected chi connectivity index (χ3v) is 3.56. The molecule has 0 radical (unpaired) electrons. The van der Waals surface area contributed by atoms with Crippen LogP contribution < -0.4 is 5.32 Å². The van der Waals surface area contributed by atoms with Crippen molar-refractivity contribution in [1.29, 1.82) is 0 Å². The molecule has 1 aromatic carbocycles. The first-order chi connectivity index (χ1) is 9.02. The predicted octanol–water partition coefficient (Wildman–Crippen LogP) is 2.99. The lowest BCUT2D eigenvalue weighted by atomic mass is 10.2. The van der Waals surface area contributed by atoms with Crippen LogP contribution in [0.3, 0.4) is 0 Å². The van der Waals surface area contributed by atoms with Crippen molar-refractivity contribution in [2.45, 2.75) is 37.6 Å². The Morgan fingerprint density at radius 2 is 2.05 bits per heavy atom. The molecule has 0 saturated carbocycles. The van der Waals surface area contributed by atoms with Crippen LogP contribution in [0.4, 0.5) is 5.69 Å². The van der Waals surface area contributed by atoms with Gasteiger partial charge in [-0.15, -0.1) is 11.8 Å². The van der Waals surface area contributed by atoms with Crippen LogP contribution >= 0.6 is 11.8 Å². The molecule has 0 bridgehead atoms. The molecule has 0 aromatic heterocycles. The molecular weight excluding hydrogens is 264 g/mol. The number of non-ortho nitro benzene ring substituents is 1. The summed E-state index contributed by atoms with van der Waals surface area (Å²) in [5.74, 6) is 0.315. The zero-order valence-corrected chi connectivity index (χ0v) is 11.9. The summed E-state index contributed by atoms with van der Waals surface area (Å²) in [4.78, 5) is 22.5. The maximum absolute atomic E-state index is 11.6. The van der Waals surface area contributed by atoms with Crippen molar-refractivity contribution < 1.29 is 9.72 Å². The van der Waals surface area contributed by atoms with Crippen LogP contribution in [0, 0.1) is 10.1 Å². The smallest absolute Gasteiger partial charge is 0.269 e. The highest BCUT2D eigenvalue weighted by Gasteiger charge is 2.08. The van der Waals surface area contributed by atoms with Crippen LogP contribution in [0.1, 0.15) is 26.7 Å². The second kappa shape index (κ2) is 7.78. The van der Waals surface area contributed by atoms with Gasteiger partial charge in [0.05, 0.1) is 10.7 Å². The Bertz CT molecular complexity index is 434. The van der Waals surface area contributed by atoms with Gasteiger partial charge in [0, 0.05) is 23.1 Å². The molecule has 0 aliphatic carbocycles. The SMILES string of the molecule is CCC[C@H](C)NC(=O)CSc1ccc([N+](=O)[O-])cc1. The molecular formula is C13H18N2O3S. The molecule has 1 aromatic rings. The number of benzene rings is 1. The van der Waals surface area contributed by atoms with Gasteiger partial charge in [-0.25, -0.2) is 0 Å². The number of thioether (sulfide) groups is 1. The molecule has 1 amide bonds. The van der Waals surface area contributed by atoms with E-state index in [0.717, 1.165) is 17.7 Å². The second-order valence-corrected chi connectivity index (χ2v) is 5.35. The van der Waals surface area contributed by atoms with Gasteiger partial charge in [-0.2, -0.15) is 0 Å². The molecule has 1 N–H and O–H groups in total. The highest BCUT2D eigenvalue weighted by molar-refractivity contribution is 8.00. The van der Waals surface area contributed by atoms with E-state index in [0.29, 0.717) is 5.75 Å². The molecule has 0 saturated heterocycles. The number of hydrogen-bond acceptors (Lipinski definition) is 4. The van der Waals surface area contributed by atoms with E-state index < -0.39 is 4.92 Å². The predicted molar refractivity (Wildman–Crippen MR) is 76.3 cm³/mol. The van der Waals surface area contributed by atoms with Gasteiger partial charge >= 0.3 is 0 Å². The number of nitro groups is 1. The molecule has 0 aliphatic heterocycles. The Hall–Kier alpha value is -1.56. The molecule has 5 nitrogen and oxygen atoms in total. The monoisotopic (exact) mass is 282 g/mol. The first-order valence-electron chi connectivity index (χ1n) is 6.19. The molecule has 0 unspecified atom stereocenters. The highest BCUT2D eigenvalue weighted by Crippen LogP contribution is 2.21. The van der Waals surface area contributed by atoms with Gasteiger partial charge < -0.3 is 5.32 Å². The third-order valence-electron chi connectivity index (χ3n) is 2.55. The van der Waals surface area contributed by atoms with E-state index in [1.165, 1.54) is 23.9 Å². The molecule has 0 aliphatic rings. The average Bonchev–Trinajstić information content (AvgIpc) is 2.37. The molecule has 6 heteroatoms. The lowest BCUT2D eigenvalue weighted by Gasteiger charge is -2.12. The van der Waals surface area contributed by atoms with E-state index in [1.54, 1.807) is 12.1 Å². The largest absolute Gasteiger partial charge is 0.353 e. The molecule has 0 spiro atoms. The van der Waals surface area contributed by atoms with Crippen molar-refractivity contribution in [2.75, 3.05) is 5.75 Å². The Morgan fingerprint density at radius 1 is 1.42 bits per heavy atom. The van der Waals surface area contributed by atoms with Crippen molar-refractivity contribution in [2.24, 2.45) is 0 Å². The van der Waals surface area contributed by atoms with Crippen molar-refractivity contribution in [3.8, 4) is 0 Å². The maximum Gasteiger partial charge on any atom is 0.269 e. The lowest BCUT2D eigenvalue weighted by molar-refractivity contribution is -0.384. The lowest BCUT2D eigenvalue weighted by Crippen LogP contribution is -2.33. The number of nitro benzene ring substituents is 1. The minimum atomic E-state index is -0.437.